The van der Waals surface area contributed by atoms with Gasteiger partial charge >= 0.3 is 0 Å². The van der Waals surface area contributed by atoms with E-state index >= 15 is 0 Å². The molecule has 0 unspecified atom stereocenters. The molecule has 2 aliphatic rings. The van der Waals surface area contributed by atoms with Crippen LogP contribution >= 0.6 is 0 Å². The van der Waals surface area contributed by atoms with Gasteiger partial charge in [0.15, 0.2) is 40.5 Å². The molecular weight excluding hydrogens is 857 g/mol. The van der Waals surface area contributed by atoms with Gasteiger partial charge in [0.25, 0.3) is 0 Å². The Morgan fingerprint density at radius 2 is 0.814 bits per heavy atom. The fourth-order valence-corrected chi connectivity index (χ4v) is 10.9. The number of aromatic nitrogens is 4. The average Bonchev–Trinajstić information content (AvgIpc) is 3.94. The highest BCUT2D eigenvalue weighted by Crippen LogP contribution is 2.63. The average molecular weight is 897 g/mol. The zero-order valence-electron chi connectivity index (χ0n) is 37.7. The SMILES string of the molecule is c1ccc(-c2nc(-c3ccc(-c4cccc5c4Oc4c(ccc6c4-c4ccccc4C6(c4ccccc4)c4ccccc4)O5)cc3)nc(-c3ccc(-n4c5ccccc5c5ccccc54)cc3)n2)cc1. The molecule has 12 aromatic rings. The van der Waals surface area contributed by atoms with Crippen LogP contribution in [0.4, 0.5) is 0 Å². The Bertz CT molecular complexity index is 3890. The molecule has 1 aliphatic heterocycles. The van der Waals surface area contributed by atoms with Gasteiger partial charge in [-0.15, -0.1) is 0 Å². The summed E-state index contributed by atoms with van der Waals surface area (Å²) in [7, 11) is 0. The van der Waals surface area contributed by atoms with Crippen molar-refractivity contribution >= 4 is 21.8 Å². The molecule has 328 valence electrons. The Hall–Kier alpha value is -9.39. The fourth-order valence-electron chi connectivity index (χ4n) is 10.9. The van der Waals surface area contributed by atoms with Crippen molar-refractivity contribution in [1.29, 1.82) is 0 Å². The van der Waals surface area contributed by atoms with Gasteiger partial charge < -0.3 is 14.0 Å². The van der Waals surface area contributed by atoms with E-state index in [1.165, 1.54) is 27.5 Å². The van der Waals surface area contributed by atoms with Crippen LogP contribution in [0.2, 0.25) is 0 Å². The molecule has 0 atom stereocenters. The molecule has 1 aliphatic carbocycles. The van der Waals surface area contributed by atoms with Crippen molar-refractivity contribution in [2.24, 2.45) is 0 Å². The first-order chi connectivity index (χ1) is 34.7. The van der Waals surface area contributed by atoms with Crippen molar-refractivity contribution in [3.05, 3.63) is 265 Å². The molecule has 14 rings (SSSR count). The molecular formula is C64H40N4O2. The van der Waals surface area contributed by atoms with Crippen LogP contribution in [0, 0.1) is 0 Å². The van der Waals surface area contributed by atoms with Crippen molar-refractivity contribution in [3.8, 4) is 85.1 Å². The Kier molecular flexibility index (Phi) is 9.01. The van der Waals surface area contributed by atoms with Gasteiger partial charge in [0.05, 0.1) is 16.4 Å². The maximum absolute atomic E-state index is 7.19. The third-order valence-corrected chi connectivity index (χ3v) is 14.0. The second kappa shape index (κ2) is 15.9. The maximum Gasteiger partial charge on any atom is 0.178 e. The minimum Gasteiger partial charge on any atom is -0.449 e. The molecule has 0 amide bonds. The molecule has 0 saturated carbocycles. The number of hydrogen-bond acceptors (Lipinski definition) is 5. The standard InChI is InChI=1S/C64H40N4O2/c1-4-17-42(18-5-1)61-65-62(67-63(66-61)44-35-37-47(38-36-44)68-54-28-14-11-23-49(54)50-24-12-15-29-55(50)68)43-33-31-41(32-34-43)48-26-16-30-56-59(48)70-60-57(69-56)40-39-53-58(60)51-25-10-13-27-52(51)64(53,45-19-6-2-7-20-45)46-21-8-3-9-22-46/h1-40H. The van der Waals surface area contributed by atoms with E-state index in [2.05, 4.69) is 205 Å². The van der Waals surface area contributed by atoms with E-state index in [9.17, 15) is 0 Å². The van der Waals surface area contributed by atoms with E-state index in [-0.39, 0.29) is 0 Å². The Labute approximate surface area is 404 Å². The number of ether oxygens (including phenoxy) is 2. The zero-order chi connectivity index (χ0) is 46.2. The van der Waals surface area contributed by atoms with Crippen LogP contribution in [0.25, 0.3) is 83.9 Å². The molecule has 10 aromatic carbocycles. The van der Waals surface area contributed by atoms with E-state index in [1.54, 1.807) is 0 Å². The predicted octanol–water partition coefficient (Wildman–Crippen LogP) is 15.9. The van der Waals surface area contributed by atoms with Gasteiger partial charge in [0.2, 0.25) is 0 Å². The highest BCUT2D eigenvalue weighted by atomic mass is 16.6. The van der Waals surface area contributed by atoms with Crippen molar-refractivity contribution in [3.63, 3.8) is 0 Å². The molecule has 0 N–H and O–H groups in total. The molecule has 6 nitrogen and oxygen atoms in total. The third-order valence-electron chi connectivity index (χ3n) is 14.0. The monoisotopic (exact) mass is 896 g/mol. The van der Waals surface area contributed by atoms with Crippen molar-refractivity contribution < 1.29 is 9.47 Å². The van der Waals surface area contributed by atoms with Crippen LogP contribution < -0.4 is 9.47 Å². The summed E-state index contributed by atoms with van der Waals surface area (Å²) >= 11 is 0. The lowest BCUT2D eigenvalue weighted by atomic mass is 9.68. The number of hydrogen-bond donors (Lipinski definition) is 0. The summed E-state index contributed by atoms with van der Waals surface area (Å²) in [6, 6.07) is 84.8. The normalized spacial score (nSPS) is 12.9. The van der Waals surface area contributed by atoms with Gasteiger partial charge in [0, 0.05) is 44.3 Å². The van der Waals surface area contributed by atoms with Gasteiger partial charge in [0.1, 0.15) is 0 Å². The summed E-state index contributed by atoms with van der Waals surface area (Å²) in [5, 5.41) is 2.45. The second-order valence-corrected chi connectivity index (χ2v) is 17.8. The largest absolute Gasteiger partial charge is 0.449 e. The molecule has 0 spiro atoms. The van der Waals surface area contributed by atoms with Crippen LogP contribution in [-0.4, -0.2) is 19.5 Å². The lowest BCUT2D eigenvalue weighted by Gasteiger charge is -2.34. The van der Waals surface area contributed by atoms with Crippen LogP contribution in [0.3, 0.4) is 0 Å². The van der Waals surface area contributed by atoms with E-state index in [4.69, 9.17) is 24.4 Å². The fraction of sp³-hybridized carbons (Fsp3) is 0.0156. The molecule has 2 aromatic heterocycles. The summed E-state index contributed by atoms with van der Waals surface area (Å²) < 4.78 is 16.3. The Morgan fingerprint density at radius 1 is 0.329 bits per heavy atom. The minimum atomic E-state index is -0.561. The van der Waals surface area contributed by atoms with E-state index < -0.39 is 5.41 Å². The van der Waals surface area contributed by atoms with Gasteiger partial charge in [-0.1, -0.05) is 194 Å². The van der Waals surface area contributed by atoms with E-state index in [1.807, 2.05) is 42.5 Å². The number of para-hydroxylation sites is 3. The summed E-state index contributed by atoms with van der Waals surface area (Å²) in [6.07, 6.45) is 0. The Morgan fingerprint density at radius 3 is 1.44 bits per heavy atom. The summed E-state index contributed by atoms with van der Waals surface area (Å²) in [4.78, 5) is 15.2. The summed E-state index contributed by atoms with van der Waals surface area (Å²) in [5.74, 6) is 4.52. The number of nitrogens with zero attached hydrogens (tertiary/aromatic N) is 4. The highest BCUT2D eigenvalue weighted by Gasteiger charge is 2.48. The second-order valence-electron chi connectivity index (χ2n) is 17.8. The zero-order valence-corrected chi connectivity index (χ0v) is 37.7. The molecule has 0 radical (unpaired) electrons. The lowest BCUT2D eigenvalue weighted by molar-refractivity contribution is 0.361. The maximum atomic E-state index is 7.19. The topological polar surface area (TPSA) is 62.1 Å². The number of benzene rings is 10. The lowest BCUT2D eigenvalue weighted by Crippen LogP contribution is -2.28. The highest BCUT2D eigenvalue weighted by molar-refractivity contribution is 6.09. The van der Waals surface area contributed by atoms with Gasteiger partial charge in [-0.05, 0) is 81.9 Å². The van der Waals surface area contributed by atoms with Gasteiger partial charge in [-0.2, -0.15) is 0 Å². The third kappa shape index (κ3) is 6.10. The smallest absolute Gasteiger partial charge is 0.178 e. The first-order valence-electron chi connectivity index (χ1n) is 23.6. The molecule has 70 heavy (non-hydrogen) atoms. The summed E-state index contributed by atoms with van der Waals surface area (Å²) in [6.45, 7) is 0. The predicted molar refractivity (Wildman–Crippen MR) is 280 cm³/mol. The van der Waals surface area contributed by atoms with Crippen molar-refractivity contribution in [2.45, 2.75) is 5.41 Å². The molecule has 6 heteroatoms. The van der Waals surface area contributed by atoms with Crippen LogP contribution in [-0.2, 0) is 5.41 Å². The molecule has 0 fully saturated rings. The van der Waals surface area contributed by atoms with Gasteiger partial charge in [-0.3, -0.25) is 0 Å². The van der Waals surface area contributed by atoms with E-state index in [0.717, 1.165) is 61.2 Å². The first kappa shape index (κ1) is 39.7. The Balaban J connectivity index is 0.839. The van der Waals surface area contributed by atoms with E-state index in [0.29, 0.717) is 40.5 Å². The molecule has 3 heterocycles. The number of fused-ring (bicyclic) bond motifs is 9. The first-order valence-corrected chi connectivity index (χ1v) is 23.6. The minimum absolute atomic E-state index is 0.561. The summed E-state index contributed by atoms with van der Waals surface area (Å²) in [5.41, 5.74) is 14.3. The van der Waals surface area contributed by atoms with Crippen LogP contribution in [0.5, 0.6) is 23.0 Å². The molecule has 0 bridgehead atoms. The van der Waals surface area contributed by atoms with Crippen molar-refractivity contribution in [2.75, 3.05) is 0 Å². The number of rotatable bonds is 7. The van der Waals surface area contributed by atoms with Crippen LogP contribution in [0.1, 0.15) is 22.3 Å². The quantitative estimate of drug-likeness (QED) is 0.159. The van der Waals surface area contributed by atoms with Gasteiger partial charge in [-0.25, -0.2) is 15.0 Å². The van der Waals surface area contributed by atoms with Crippen LogP contribution in [0.15, 0.2) is 243 Å². The van der Waals surface area contributed by atoms with Crippen molar-refractivity contribution in [1.82, 2.24) is 19.5 Å². The molecule has 0 saturated heterocycles.